The Morgan fingerprint density at radius 3 is 1.13 bits per heavy atom. The summed E-state index contributed by atoms with van der Waals surface area (Å²) >= 11 is 0. The van der Waals surface area contributed by atoms with E-state index in [9.17, 15) is 19.8 Å². The van der Waals surface area contributed by atoms with E-state index in [0.717, 1.165) is 96.3 Å². The quantitative estimate of drug-likeness (QED) is 0.0321. The first-order valence-electron chi connectivity index (χ1n) is 30.5. The molecule has 0 radical (unpaired) electrons. The van der Waals surface area contributed by atoms with Gasteiger partial charge in [-0.3, -0.25) is 9.59 Å². The van der Waals surface area contributed by atoms with Crippen LogP contribution in [0.3, 0.4) is 0 Å². The van der Waals surface area contributed by atoms with Crippen LogP contribution in [0.1, 0.15) is 310 Å². The van der Waals surface area contributed by atoms with Crippen LogP contribution in [0, 0.1) is 0 Å². The van der Waals surface area contributed by atoms with E-state index < -0.39 is 18.2 Å². The maximum Gasteiger partial charge on any atom is 0.306 e. The molecule has 3 N–H and O–H groups in total. The highest BCUT2D eigenvalue weighted by Gasteiger charge is 2.24. The summed E-state index contributed by atoms with van der Waals surface area (Å²) in [7, 11) is 0. The third kappa shape index (κ3) is 51.9. The minimum Gasteiger partial charge on any atom is -0.462 e. The van der Waals surface area contributed by atoms with Gasteiger partial charge in [0.1, 0.15) is 6.10 Å². The number of ether oxygens (including phenoxy) is 1. The molecule has 6 heteroatoms. The van der Waals surface area contributed by atoms with Gasteiger partial charge in [-0.1, -0.05) is 261 Å². The molecule has 0 aromatic rings. The third-order valence-electron chi connectivity index (χ3n) is 13.8. The van der Waals surface area contributed by atoms with Gasteiger partial charge >= 0.3 is 5.97 Å². The molecule has 0 saturated carbocycles. The zero-order valence-corrected chi connectivity index (χ0v) is 46.7. The van der Waals surface area contributed by atoms with Crippen LogP contribution in [-0.2, 0) is 14.3 Å². The van der Waals surface area contributed by atoms with Crippen molar-refractivity contribution in [3.05, 3.63) is 60.8 Å². The number of nitrogens with one attached hydrogen (secondary N) is 1. The van der Waals surface area contributed by atoms with E-state index in [2.05, 4.69) is 86.8 Å². The van der Waals surface area contributed by atoms with Gasteiger partial charge in [-0.05, 0) is 96.3 Å². The van der Waals surface area contributed by atoms with Crippen LogP contribution in [0.25, 0.3) is 0 Å². The number of carbonyl (C=O) groups is 2. The molecule has 0 heterocycles. The van der Waals surface area contributed by atoms with Crippen molar-refractivity contribution in [3.63, 3.8) is 0 Å². The number of allylic oxidation sites excluding steroid dienone is 10. The van der Waals surface area contributed by atoms with Crippen molar-refractivity contribution in [1.82, 2.24) is 5.32 Å². The fourth-order valence-electron chi connectivity index (χ4n) is 9.18. The molecular formula is C64H117NO5. The Morgan fingerprint density at radius 2 is 0.729 bits per heavy atom. The highest BCUT2D eigenvalue weighted by molar-refractivity contribution is 5.77. The molecule has 0 aliphatic heterocycles. The number of hydrogen-bond acceptors (Lipinski definition) is 5. The third-order valence-corrected chi connectivity index (χ3v) is 13.8. The number of rotatable bonds is 55. The van der Waals surface area contributed by atoms with Gasteiger partial charge in [0.05, 0.1) is 25.2 Å². The minimum atomic E-state index is -0.797. The lowest BCUT2D eigenvalue weighted by atomic mass is 10.0. The van der Waals surface area contributed by atoms with E-state index in [1.165, 1.54) is 167 Å². The van der Waals surface area contributed by atoms with Crippen molar-refractivity contribution in [2.75, 3.05) is 6.61 Å². The monoisotopic (exact) mass is 980 g/mol. The van der Waals surface area contributed by atoms with E-state index in [1.807, 2.05) is 0 Å². The predicted molar refractivity (Wildman–Crippen MR) is 305 cm³/mol. The lowest BCUT2D eigenvalue weighted by Crippen LogP contribution is -2.46. The van der Waals surface area contributed by atoms with E-state index in [4.69, 9.17) is 4.74 Å². The van der Waals surface area contributed by atoms with E-state index in [-0.39, 0.29) is 24.9 Å². The number of amides is 1. The number of aliphatic hydroxyl groups is 2. The highest BCUT2D eigenvalue weighted by atomic mass is 16.5. The number of carbonyl (C=O) groups excluding carboxylic acids is 2. The Balaban J connectivity index is 4.59. The molecule has 3 unspecified atom stereocenters. The lowest BCUT2D eigenvalue weighted by molar-refractivity contribution is -0.151. The number of esters is 1. The van der Waals surface area contributed by atoms with Crippen LogP contribution >= 0.6 is 0 Å². The Hall–Kier alpha value is -2.44. The number of aliphatic hydroxyl groups excluding tert-OH is 2. The zero-order valence-electron chi connectivity index (χ0n) is 46.7. The minimum absolute atomic E-state index is 0.0630. The highest BCUT2D eigenvalue weighted by Crippen LogP contribution is 2.18. The van der Waals surface area contributed by atoms with Crippen LogP contribution < -0.4 is 5.32 Å². The molecule has 0 aromatic carbocycles. The summed E-state index contributed by atoms with van der Waals surface area (Å²) in [6.07, 6.45) is 72.8. The van der Waals surface area contributed by atoms with E-state index in [1.54, 1.807) is 0 Å². The molecule has 0 fully saturated rings. The number of hydrogen-bond donors (Lipinski definition) is 3. The first-order valence-corrected chi connectivity index (χ1v) is 30.5. The molecule has 0 aromatic heterocycles. The fraction of sp³-hybridized carbons (Fsp3) is 0.812. The van der Waals surface area contributed by atoms with Gasteiger partial charge in [0.25, 0.3) is 0 Å². The standard InChI is InChI=1S/C64H117NO5/c1-4-7-10-13-16-19-22-25-28-31-34-37-40-43-46-49-52-55-60(70-64(69)57-54-51-48-45-42-39-36-33-30-27-24-21-18-15-12-9-6-3)58-63(68)65-61(59-66)62(67)56-53-50-47-44-41-38-35-32-29-26-23-20-17-14-11-8-5-2/h16,18-19,21,25,27-28,30,36,39,60-62,66-67H,4-15,17,20,22-24,26,29,31-35,37-38,40-59H2,1-3H3,(H,65,68)/b19-16-,21-18-,28-25-,30-27-,39-36-. The van der Waals surface area contributed by atoms with Gasteiger partial charge in [-0.15, -0.1) is 0 Å². The SMILES string of the molecule is CCCCC/C=C\C/C=C\C/C=C\CCCCCCC(=O)OC(CCCCCCCCC/C=C\C/C=C\CCCCC)CC(=O)NC(CO)C(O)CCCCCCCCCCCCCCCCCCC. The van der Waals surface area contributed by atoms with Gasteiger partial charge in [-0.2, -0.15) is 0 Å². The van der Waals surface area contributed by atoms with Crippen molar-refractivity contribution in [2.24, 2.45) is 0 Å². The normalized spacial score (nSPS) is 13.5. The molecule has 3 atom stereocenters. The molecule has 1 amide bonds. The fourth-order valence-corrected chi connectivity index (χ4v) is 9.18. The Morgan fingerprint density at radius 1 is 0.414 bits per heavy atom. The summed E-state index contributed by atoms with van der Waals surface area (Å²) < 4.78 is 5.96. The average molecular weight is 981 g/mol. The average Bonchev–Trinajstić information content (AvgIpc) is 3.35. The van der Waals surface area contributed by atoms with Gasteiger partial charge in [-0.25, -0.2) is 0 Å². The molecular weight excluding hydrogens is 863 g/mol. The smallest absolute Gasteiger partial charge is 0.306 e. The first kappa shape index (κ1) is 67.6. The summed E-state index contributed by atoms with van der Waals surface area (Å²) in [6, 6.07) is -0.712. The summed E-state index contributed by atoms with van der Waals surface area (Å²) in [4.78, 5) is 26.3. The van der Waals surface area contributed by atoms with Gasteiger partial charge in [0.2, 0.25) is 5.91 Å². The van der Waals surface area contributed by atoms with Crippen molar-refractivity contribution in [3.8, 4) is 0 Å². The van der Waals surface area contributed by atoms with E-state index >= 15 is 0 Å². The van der Waals surface area contributed by atoms with Gasteiger partial charge in [0, 0.05) is 6.42 Å². The van der Waals surface area contributed by atoms with Crippen molar-refractivity contribution < 1.29 is 24.5 Å². The second-order valence-electron chi connectivity index (χ2n) is 20.7. The molecule has 70 heavy (non-hydrogen) atoms. The second-order valence-corrected chi connectivity index (χ2v) is 20.7. The molecule has 0 spiro atoms. The lowest BCUT2D eigenvalue weighted by Gasteiger charge is -2.24. The maximum atomic E-state index is 13.3. The molecule has 0 rings (SSSR count). The Labute approximate surface area is 435 Å². The maximum absolute atomic E-state index is 13.3. The Kier molecular flexibility index (Phi) is 55.5. The van der Waals surface area contributed by atoms with Crippen LogP contribution in [0.2, 0.25) is 0 Å². The summed E-state index contributed by atoms with van der Waals surface area (Å²) in [5.74, 6) is -0.497. The first-order chi connectivity index (χ1) is 34.5. The van der Waals surface area contributed by atoms with Crippen LogP contribution in [0.4, 0.5) is 0 Å². The van der Waals surface area contributed by atoms with Crippen LogP contribution in [-0.4, -0.2) is 46.9 Å². The van der Waals surface area contributed by atoms with E-state index in [0.29, 0.717) is 19.3 Å². The molecule has 0 saturated heterocycles. The second kappa shape index (κ2) is 57.5. The van der Waals surface area contributed by atoms with Crippen molar-refractivity contribution >= 4 is 11.9 Å². The molecule has 408 valence electrons. The summed E-state index contributed by atoms with van der Waals surface area (Å²) in [6.45, 7) is 6.46. The zero-order chi connectivity index (χ0) is 50.9. The van der Waals surface area contributed by atoms with Crippen LogP contribution in [0.5, 0.6) is 0 Å². The van der Waals surface area contributed by atoms with Crippen LogP contribution in [0.15, 0.2) is 60.8 Å². The summed E-state index contributed by atoms with van der Waals surface area (Å²) in [5, 5.41) is 24.0. The summed E-state index contributed by atoms with van der Waals surface area (Å²) in [5.41, 5.74) is 0. The van der Waals surface area contributed by atoms with Gasteiger partial charge in [0.15, 0.2) is 0 Å². The topological polar surface area (TPSA) is 95.9 Å². The molecule has 6 nitrogen and oxygen atoms in total. The molecule has 0 aliphatic rings. The van der Waals surface area contributed by atoms with Crippen molar-refractivity contribution in [1.29, 1.82) is 0 Å². The molecule has 0 bridgehead atoms. The van der Waals surface area contributed by atoms with Gasteiger partial charge < -0.3 is 20.3 Å². The largest absolute Gasteiger partial charge is 0.462 e. The number of unbranched alkanes of at least 4 members (excludes halogenated alkanes) is 33. The predicted octanol–water partition coefficient (Wildman–Crippen LogP) is 19.1. The van der Waals surface area contributed by atoms with Crippen molar-refractivity contribution in [2.45, 2.75) is 328 Å². The molecule has 0 aliphatic carbocycles. The Bertz CT molecular complexity index is 1240.